The molecule has 0 radical (unpaired) electrons. The van der Waals surface area contributed by atoms with E-state index < -0.39 is 48.5 Å². The minimum Gasteiger partial charge on any atom is -0.456 e. The summed E-state index contributed by atoms with van der Waals surface area (Å²) in [6.45, 7) is 2.89. The van der Waals surface area contributed by atoms with E-state index in [2.05, 4.69) is 10.6 Å². The Bertz CT molecular complexity index is 588. The number of halogens is 1. The fraction of sp³-hybridized carbons (Fsp3) is 0.714. The van der Waals surface area contributed by atoms with Crippen LogP contribution in [0.5, 0.6) is 0 Å². The number of alkyl halides is 1. The van der Waals surface area contributed by atoms with Crippen LogP contribution in [0.2, 0.25) is 0 Å². The summed E-state index contributed by atoms with van der Waals surface area (Å²) < 4.78 is 20.6. The molecule has 1 N–H and O–H groups in total. The van der Waals surface area contributed by atoms with E-state index in [9.17, 15) is 24.1 Å². The molecule has 0 aromatic carbocycles. The van der Waals surface area contributed by atoms with Gasteiger partial charge in [-0.25, -0.2) is 4.79 Å². The third-order valence-corrected chi connectivity index (χ3v) is 3.41. The predicted molar refractivity (Wildman–Crippen MR) is 88.2 cm³/mol. The number of nitrogens with one attached hydrogen (secondary N) is 1. The molecule has 1 fully saturated rings. The van der Waals surface area contributed by atoms with Crippen molar-refractivity contribution < 1.29 is 38.1 Å². The summed E-state index contributed by atoms with van der Waals surface area (Å²) in [5, 5.41) is 5.31. The SMILES string of the molecule is CC(=O)O[C@@H]1[C@H](OC(C)=O)[C@@H](OC(C)=O)CO[C@H]1NC(=O)N(CCCl)N=O. The molecule has 1 aliphatic rings. The minimum absolute atomic E-state index is 0.0529. The molecule has 1 aliphatic heterocycles. The number of amides is 2. The maximum absolute atomic E-state index is 12.1. The van der Waals surface area contributed by atoms with Crippen molar-refractivity contribution in [3.05, 3.63) is 4.91 Å². The van der Waals surface area contributed by atoms with Crippen molar-refractivity contribution in [1.82, 2.24) is 10.3 Å². The van der Waals surface area contributed by atoms with E-state index in [-0.39, 0.29) is 19.0 Å². The van der Waals surface area contributed by atoms with Gasteiger partial charge in [-0.15, -0.1) is 16.5 Å². The summed E-state index contributed by atoms with van der Waals surface area (Å²) in [6, 6.07) is -0.972. The maximum atomic E-state index is 12.1. The number of carbonyl (C=O) groups excluding carboxylic acids is 4. The van der Waals surface area contributed by atoms with E-state index in [0.29, 0.717) is 5.01 Å². The highest BCUT2D eigenvalue weighted by Gasteiger charge is 2.47. The largest absolute Gasteiger partial charge is 0.456 e. The van der Waals surface area contributed by atoms with Crippen LogP contribution >= 0.6 is 11.6 Å². The summed E-state index contributed by atoms with van der Waals surface area (Å²) in [4.78, 5) is 57.0. The molecule has 0 aromatic heterocycles. The molecule has 0 aromatic rings. The number of esters is 3. The van der Waals surface area contributed by atoms with Gasteiger partial charge in [0.1, 0.15) is 0 Å². The van der Waals surface area contributed by atoms with Gasteiger partial charge < -0.3 is 24.3 Å². The Morgan fingerprint density at radius 1 is 1.07 bits per heavy atom. The molecule has 0 bridgehead atoms. The topological polar surface area (TPSA) is 150 Å². The fourth-order valence-electron chi connectivity index (χ4n) is 2.32. The number of hydrogen-bond acceptors (Lipinski definition) is 10. The normalized spacial score (nSPS) is 24.3. The first-order chi connectivity index (χ1) is 12.7. The molecular weight excluding hydrogens is 390 g/mol. The van der Waals surface area contributed by atoms with Crippen LogP contribution in [0.25, 0.3) is 0 Å². The number of ether oxygens (including phenoxy) is 4. The van der Waals surface area contributed by atoms with E-state index in [4.69, 9.17) is 30.5 Å². The van der Waals surface area contributed by atoms with E-state index >= 15 is 0 Å². The lowest BCUT2D eigenvalue weighted by molar-refractivity contribution is -0.228. The third-order valence-electron chi connectivity index (χ3n) is 3.25. The maximum Gasteiger partial charge on any atom is 0.342 e. The van der Waals surface area contributed by atoms with E-state index in [1.54, 1.807) is 0 Å². The summed E-state index contributed by atoms with van der Waals surface area (Å²) in [7, 11) is 0. The molecule has 1 heterocycles. The second-order valence-corrected chi connectivity index (χ2v) is 5.77. The van der Waals surface area contributed by atoms with Crippen LogP contribution in [0.3, 0.4) is 0 Å². The Balaban J connectivity index is 3.06. The first kappa shape index (κ1) is 22.6. The molecular formula is C14H20ClN3O9. The molecule has 12 nitrogen and oxygen atoms in total. The number of nitrogens with zero attached hydrogens (tertiary/aromatic N) is 2. The van der Waals surface area contributed by atoms with E-state index in [0.717, 1.165) is 20.8 Å². The number of rotatable bonds is 7. The number of hydrogen-bond donors (Lipinski definition) is 1. The number of nitroso groups, excluding NO2 is 1. The van der Waals surface area contributed by atoms with Gasteiger partial charge in [0.05, 0.1) is 18.4 Å². The summed E-state index contributed by atoms with van der Waals surface area (Å²) >= 11 is 5.48. The lowest BCUT2D eigenvalue weighted by Crippen LogP contribution is -2.63. The molecule has 1 saturated heterocycles. The smallest absolute Gasteiger partial charge is 0.342 e. The minimum atomic E-state index is -1.35. The van der Waals surface area contributed by atoms with E-state index in [1.165, 1.54) is 0 Å². The molecule has 152 valence electrons. The molecule has 0 spiro atoms. The van der Waals surface area contributed by atoms with Crippen molar-refractivity contribution in [1.29, 1.82) is 0 Å². The zero-order chi connectivity index (χ0) is 20.6. The van der Waals surface area contributed by atoms with Crippen LogP contribution < -0.4 is 5.32 Å². The third kappa shape index (κ3) is 6.98. The van der Waals surface area contributed by atoms with Crippen molar-refractivity contribution in [2.45, 2.75) is 45.3 Å². The van der Waals surface area contributed by atoms with Gasteiger partial charge in [0.25, 0.3) is 0 Å². The van der Waals surface area contributed by atoms with Crippen LogP contribution in [0, 0.1) is 4.91 Å². The average Bonchev–Trinajstić information content (AvgIpc) is 2.56. The van der Waals surface area contributed by atoms with Crippen molar-refractivity contribution in [2.24, 2.45) is 5.29 Å². The van der Waals surface area contributed by atoms with Crippen molar-refractivity contribution in [3.8, 4) is 0 Å². The zero-order valence-corrected chi connectivity index (χ0v) is 15.6. The van der Waals surface area contributed by atoms with Crippen LogP contribution in [0.15, 0.2) is 5.29 Å². The lowest BCUT2D eigenvalue weighted by Gasteiger charge is -2.40. The van der Waals surface area contributed by atoms with Gasteiger partial charge in [-0.2, -0.15) is 5.01 Å². The lowest BCUT2D eigenvalue weighted by atomic mass is 10.0. The Morgan fingerprint density at radius 2 is 1.63 bits per heavy atom. The summed E-state index contributed by atoms with van der Waals surface area (Å²) in [5.41, 5.74) is 0. The van der Waals surface area contributed by atoms with Crippen LogP contribution in [0.4, 0.5) is 4.79 Å². The summed E-state index contributed by atoms with van der Waals surface area (Å²) in [6.07, 6.45) is -4.98. The molecule has 27 heavy (non-hydrogen) atoms. The Morgan fingerprint density at radius 3 is 2.11 bits per heavy atom. The average molecular weight is 410 g/mol. The number of carbonyl (C=O) groups is 4. The molecule has 0 saturated carbocycles. The molecule has 0 aliphatic carbocycles. The second-order valence-electron chi connectivity index (χ2n) is 5.39. The van der Waals surface area contributed by atoms with Gasteiger partial charge in [0, 0.05) is 26.7 Å². The van der Waals surface area contributed by atoms with Crippen LogP contribution in [-0.2, 0) is 33.3 Å². The molecule has 0 unspecified atom stereocenters. The number of urea groups is 1. The molecule has 13 heteroatoms. The van der Waals surface area contributed by atoms with Crippen molar-refractivity contribution >= 4 is 35.5 Å². The first-order valence-corrected chi connectivity index (χ1v) is 8.33. The van der Waals surface area contributed by atoms with Crippen LogP contribution in [0.1, 0.15) is 20.8 Å². The molecule has 1 rings (SSSR count). The zero-order valence-electron chi connectivity index (χ0n) is 14.9. The van der Waals surface area contributed by atoms with Gasteiger partial charge in [-0.1, -0.05) is 0 Å². The standard InChI is InChI=1S/C14H20ClN3O9/c1-7(19)25-10-6-24-13(16-14(22)18(17-23)5-4-15)12(27-9(3)21)11(10)26-8(2)20/h10-13H,4-6H2,1-3H3,(H,16,22)/t10-,11+,12+,13+/m0/s1. The fourth-order valence-corrected chi connectivity index (χ4v) is 2.48. The molecule has 4 atom stereocenters. The van der Waals surface area contributed by atoms with E-state index in [1.807, 2.05) is 0 Å². The van der Waals surface area contributed by atoms with Gasteiger partial charge in [0.2, 0.25) is 0 Å². The Kier molecular flexibility index (Phi) is 8.88. The highest BCUT2D eigenvalue weighted by molar-refractivity contribution is 6.18. The van der Waals surface area contributed by atoms with Crippen molar-refractivity contribution in [2.75, 3.05) is 19.0 Å². The van der Waals surface area contributed by atoms with Gasteiger partial charge in [-0.05, 0) is 0 Å². The Hall–Kier alpha value is -2.47. The van der Waals surface area contributed by atoms with Gasteiger partial charge in [-0.3, -0.25) is 14.4 Å². The van der Waals surface area contributed by atoms with Gasteiger partial charge in [0.15, 0.2) is 24.5 Å². The Labute approximate surface area is 159 Å². The van der Waals surface area contributed by atoms with Crippen LogP contribution in [-0.4, -0.2) is 72.5 Å². The first-order valence-electron chi connectivity index (χ1n) is 7.80. The summed E-state index contributed by atoms with van der Waals surface area (Å²) in [5.74, 6) is -2.24. The highest BCUT2D eigenvalue weighted by atomic mass is 35.5. The predicted octanol–water partition coefficient (Wildman–Crippen LogP) is 0.0696. The molecule has 2 amide bonds. The van der Waals surface area contributed by atoms with Gasteiger partial charge >= 0.3 is 23.9 Å². The van der Waals surface area contributed by atoms with Crippen molar-refractivity contribution in [3.63, 3.8) is 0 Å². The highest BCUT2D eigenvalue weighted by Crippen LogP contribution is 2.23. The second kappa shape index (κ2) is 10.6. The quantitative estimate of drug-likeness (QED) is 0.202. The monoisotopic (exact) mass is 409 g/mol.